The zero-order valence-electron chi connectivity index (χ0n) is 29.2. The molecule has 6 heteroatoms. The van der Waals surface area contributed by atoms with Gasteiger partial charge in [-0.1, -0.05) is 115 Å². The first kappa shape index (κ1) is 30.3. The highest BCUT2D eigenvalue weighted by Gasteiger charge is 2.22. The summed E-state index contributed by atoms with van der Waals surface area (Å²) in [6.07, 6.45) is 0. The van der Waals surface area contributed by atoms with Crippen molar-refractivity contribution < 1.29 is 8.83 Å². The summed E-state index contributed by atoms with van der Waals surface area (Å²) in [4.78, 5) is 16.0. The number of thiophene rings is 1. The zero-order chi connectivity index (χ0) is 36.0. The van der Waals surface area contributed by atoms with Crippen molar-refractivity contribution in [2.24, 2.45) is 0 Å². The normalized spacial score (nSPS) is 12.0. The molecule has 4 aromatic heterocycles. The molecular formula is C49H27N3O2S. The van der Waals surface area contributed by atoms with E-state index in [4.69, 9.17) is 23.8 Å². The molecule has 0 aliphatic heterocycles. The van der Waals surface area contributed by atoms with Crippen LogP contribution >= 0.6 is 11.3 Å². The molecule has 0 unspecified atom stereocenters. The molecule has 5 nitrogen and oxygen atoms in total. The van der Waals surface area contributed by atoms with Gasteiger partial charge in [-0.05, 0) is 70.4 Å². The molecule has 256 valence electrons. The Balaban J connectivity index is 1.18. The molecule has 0 aliphatic carbocycles. The maximum atomic E-state index is 6.64. The second-order valence-electron chi connectivity index (χ2n) is 13.9. The fourth-order valence-electron chi connectivity index (χ4n) is 8.24. The van der Waals surface area contributed by atoms with Gasteiger partial charge < -0.3 is 8.83 Å². The first-order valence-electron chi connectivity index (χ1n) is 18.3. The topological polar surface area (TPSA) is 65.0 Å². The summed E-state index contributed by atoms with van der Waals surface area (Å²) in [5, 5.41) is 8.72. The highest BCUT2D eigenvalue weighted by molar-refractivity contribution is 7.25. The van der Waals surface area contributed by atoms with E-state index in [0.29, 0.717) is 17.5 Å². The van der Waals surface area contributed by atoms with E-state index < -0.39 is 0 Å². The van der Waals surface area contributed by atoms with Crippen LogP contribution in [0.25, 0.3) is 120 Å². The number of furan rings is 2. The van der Waals surface area contributed by atoms with Crippen LogP contribution in [-0.2, 0) is 0 Å². The quantitative estimate of drug-likeness (QED) is 0.181. The number of hydrogen-bond donors (Lipinski definition) is 0. The minimum absolute atomic E-state index is 0.576. The fraction of sp³-hybridized carbons (Fsp3) is 0. The lowest BCUT2D eigenvalue weighted by Crippen LogP contribution is -2.01. The van der Waals surface area contributed by atoms with E-state index in [1.165, 1.54) is 14.8 Å². The Labute approximate surface area is 317 Å². The summed E-state index contributed by atoms with van der Waals surface area (Å²) < 4.78 is 15.4. The van der Waals surface area contributed by atoms with Gasteiger partial charge in [0, 0.05) is 58.4 Å². The van der Waals surface area contributed by atoms with Crippen LogP contribution in [0.4, 0.5) is 0 Å². The van der Waals surface area contributed by atoms with Crippen LogP contribution in [0.2, 0.25) is 0 Å². The number of rotatable bonds is 4. The Kier molecular flexibility index (Phi) is 6.44. The molecule has 8 aromatic carbocycles. The highest BCUT2D eigenvalue weighted by atomic mass is 32.1. The predicted molar refractivity (Wildman–Crippen MR) is 227 cm³/mol. The van der Waals surface area contributed by atoms with Gasteiger partial charge in [-0.15, -0.1) is 11.3 Å². The molecule has 12 aromatic rings. The zero-order valence-corrected chi connectivity index (χ0v) is 30.0. The van der Waals surface area contributed by atoms with Crippen molar-refractivity contribution in [2.75, 3.05) is 0 Å². The maximum absolute atomic E-state index is 6.64. The average molecular weight is 722 g/mol. The van der Waals surface area contributed by atoms with Crippen molar-refractivity contribution in [1.82, 2.24) is 15.0 Å². The number of nitrogens with zero attached hydrogens (tertiary/aromatic N) is 3. The Morgan fingerprint density at radius 1 is 0.345 bits per heavy atom. The standard InChI is InChI=1S/C49H27N3O2S/c1-2-12-29-25-30(24-23-28(29)11-1)47-50-48(36-17-10-22-43-46(36)35-15-5-8-21-42(35)55-43)52-49(51-47)37-26-31(27-41-45(37)34-14-4-7-19-39(34)54-41)32-16-9-20-40-44(32)33-13-3-6-18-38(33)53-40/h1-27H. The summed E-state index contributed by atoms with van der Waals surface area (Å²) in [5.74, 6) is 1.81. The third kappa shape index (κ3) is 4.68. The van der Waals surface area contributed by atoms with Crippen molar-refractivity contribution >= 4 is 86.2 Å². The van der Waals surface area contributed by atoms with Crippen molar-refractivity contribution in [3.05, 3.63) is 164 Å². The molecule has 0 atom stereocenters. The second kappa shape index (κ2) is 11.7. The monoisotopic (exact) mass is 721 g/mol. The molecule has 0 radical (unpaired) electrons. The Hall–Kier alpha value is -7.15. The molecule has 0 saturated heterocycles. The molecule has 0 saturated carbocycles. The molecule has 0 fully saturated rings. The molecular weight excluding hydrogens is 695 g/mol. The van der Waals surface area contributed by atoms with Crippen molar-refractivity contribution in [2.45, 2.75) is 0 Å². The van der Waals surface area contributed by atoms with Crippen LogP contribution in [0, 0.1) is 0 Å². The molecule has 0 aliphatic rings. The van der Waals surface area contributed by atoms with Gasteiger partial charge in [0.2, 0.25) is 0 Å². The first-order valence-corrected chi connectivity index (χ1v) is 19.1. The van der Waals surface area contributed by atoms with E-state index >= 15 is 0 Å². The van der Waals surface area contributed by atoms with Gasteiger partial charge in [-0.2, -0.15) is 0 Å². The van der Waals surface area contributed by atoms with Gasteiger partial charge in [0.25, 0.3) is 0 Å². The van der Waals surface area contributed by atoms with Crippen molar-refractivity contribution in [3.63, 3.8) is 0 Å². The third-order valence-corrected chi connectivity index (χ3v) is 11.9. The summed E-state index contributed by atoms with van der Waals surface area (Å²) in [5.41, 5.74) is 8.05. The number of fused-ring (bicyclic) bond motifs is 10. The van der Waals surface area contributed by atoms with Crippen LogP contribution in [0.1, 0.15) is 0 Å². The van der Waals surface area contributed by atoms with Crippen molar-refractivity contribution in [1.29, 1.82) is 0 Å². The van der Waals surface area contributed by atoms with E-state index in [1.54, 1.807) is 11.3 Å². The van der Waals surface area contributed by atoms with Crippen molar-refractivity contribution in [3.8, 4) is 45.3 Å². The first-order chi connectivity index (χ1) is 27.2. The van der Waals surface area contributed by atoms with Crippen LogP contribution in [0.3, 0.4) is 0 Å². The Bertz CT molecular complexity index is 3520. The Morgan fingerprint density at radius 2 is 0.945 bits per heavy atom. The molecule has 0 amide bonds. The number of benzene rings is 8. The lowest BCUT2D eigenvalue weighted by atomic mass is 9.95. The van der Waals surface area contributed by atoms with E-state index in [9.17, 15) is 0 Å². The second-order valence-corrected chi connectivity index (χ2v) is 15.0. The minimum Gasteiger partial charge on any atom is -0.456 e. The van der Waals surface area contributed by atoms with Crippen LogP contribution in [-0.4, -0.2) is 15.0 Å². The number of hydrogen-bond acceptors (Lipinski definition) is 6. The molecule has 4 heterocycles. The van der Waals surface area contributed by atoms with Gasteiger partial charge in [-0.3, -0.25) is 0 Å². The smallest absolute Gasteiger partial charge is 0.164 e. The van der Waals surface area contributed by atoms with E-state index in [0.717, 1.165) is 87.9 Å². The van der Waals surface area contributed by atoms with Gasteiger partial charge in [-0.25, -0.2) is 15.0 Å². The molecule has 12 rings (SSSR count). The lowest BCUT2D eigenvalue weighted by molar-refractivity contribution is 0.668. The third-order valence-electron chi connectivity index (χ3n) is 10.7. The average Bonchev–Trinajstić information content (AvgIpc) is 3.94. The van der Waals surface area contributed by atoms with Crippen LogP contribution < -0.4 is 0 Å². The molecule has 0 N–H and O–H groups in total. The summed E-state index contributed by atoms with van der Waals surface area (Å²) in [7, 11) is 0. The van der Waals surface area contributed by atoms with Gasteiger partial charge in [0.05, 0.1) is 0 Å². The SMILES string of the molecule is c1ccc2cc(-c3nc(-c4cc(-c5cccc6oc7ccccc7c56)cc5oc6ccccc6c45)nc(-c4cccc5sc6ccccc6c45)n3)ccc2c1. The Morgan fingerprint density at radius 3 is 1.78 bits per heavy atom. The van der Waals surface area contributed by atoms with E-state index in [-0.39, 0.29) is 0 Å². The lowest BCUT2D eigenvalue weighted by Gasteiger charge is -2.12. The summed E-state index contributed by atoms with van der Waals surface area (Å²) in [6, 6.07) is 56.7. The van der Waals surface area contributed by atoms with Gasteiger partial charge >= 0.3 is 0 Å². The predicted octanol–water partition coefficient (Wildman–Crippen LogP) is 13.9. The van der Waals surface area contributed by atoms with Gasteiger partial charge in [0.15, 0.2) is 17.5 Å². The summed E-state index contributed by atoms with van der Waals surface area (Å²) in [6.45, 7) is 0. The number of aromatic nitrogens is 3. The fourth-order valence-corrected chi connectivity index (χ4v) is 9.37. The highest BCUT2D eigenvalue weighted by Crippen LogP contribution is 2.44. The molecule has 55 heavy (non-hydrogen) atoms. The van der Waals surface area contributed by atoms with E-state index in [2.05, 4.69) is 127 Å². The van der Waals surface area contributed by atoms with Crippen LogP contribution in [0.5, 0.6) is 0 Å². The molecule has 0 spiro atoms. The summed E-state index contributed by atoms with van der Waals surface area (Å²) >= 11 is 1.79. The number of para-hydroxylation sites is 2. The molecule has 0 bridgehead atoms. The largest absolute Gasteiger partial charge is 0.456 e. The van der Waals surface area contributed by atoms with Crippen LogP contribution in [0.15, 0.2) is 173 Å². The van der Waals surface area contributed by atoms with Gasteiger partial charge in [0.1, 0.15) is 22.3 Å². The minimum atomic E-state index is 0.576. The van der Waals surface area contributed by atoms with E-state index in [1.807, 2.05) is 36.4 Å². The maximum Gasteiger partial charge on any atom is 0.164 e.